The molecule has 2 fully saturated rings. The number of carbonyl (C=O) groups is 1. The van der Waals surface area contributed by atoms with E-state index < -0.39 is 15.8 Å². The summed E-state index contributed by atoms with van der Waals surface area (Å²) in [5.41, 5.74) is 0. The molecule has 2 heterocycles. The zero-order valence-corrected chi connectivity index (χ0v) is 15.5. The van der Waals surface area contributed by atoms with Crippen LogP contribution in [0, 0.1) is 5.92 Å². The third-order valence-electron chi connectivity index (χ3n) is 5.16. The summed E-state index contributed by atoms with van der Waals surface area (Å²) >= 11 is 0. The molecule has 3 atom stereocenters. The Bertz CT molecular complexity index is 705. The fourth-order valence-electron chi connectivity index (χ4n) is 3.80. The Kier molecular flexibility index (Phi) is 5.34. The van der Waals surface area contributed by atoms with E-state index in [1.54, 1.807) is 19.1 Å². The summed E-state index contributed by atoms with van der Waals surface area (Å²) in [5, 5.41) is 6.58. The van der Waals surface area contributed by atoms with E-state index >= 15 is 0 Å². The lowest BCUT2D eigenvalue weighted by molar-refractivity contribution is -0.124. The molecule has 2 aliphatic rings. The molecule has 7 heteroatoms. The van der Waals surface area contributed by atoms with Gasteiger partial charge in [0.1, 0.15) is 5.75 Å². The molecule has 2 bridgehead atoms. The Morgan fingerprint density at radius 2 is 1.84 bits per heavy atom. The van der Waals surface area contributed by atoms with E-state index in [0.717, 1.165) is 12.8 Å². The molecule has 25 heavy (non-hydrogen) atoms. The van der Waals surface area contributed by atoms with Crippen molar-refractivity contribution < 1.29 is 17.9 Å². The average Bonchev–Trinajstić information content (AvgIpc) is 2.93. The third-order valence-corrected chi connectivity index (χ3v) is 7.08. The number of piperidine rings is 1. The summed E-state index contributed by atoms with van der Waals surface area (Å²) in [6.45, 7) is 1.67. The lowest BCUT2D eigenvalue weighted by atomic mass is 9.99. The summed E-state index contributed by atoms with van der Waals surface area (Å²) in [7, 11) is -1.98. The molecule has 2 N–H and O–H groups in total. The van der Waals surface area contributed by atoms with Crippen molar-refractivity contribution in [2.45, 2.75) is 55.6 Å². The second kappa shape index (κ2) is 7.33. The van der Waals surface area contributed by atoms with Crippen molar-refractivity contribution in [1.82, 2.24) is 10.6 Å². The fourth-order valence-corrected chi connectivity index (χ4v) is 5.36. The SMILES string of the molecule is COc1ccc(S(=O)(=O)CC(C)C(=O)NC2CC3CCC(C2)N3)cc1. The van der Waals surface area contributed by atoms with Crippen LogP contribution >= 0.6 is 0 Å². The van der Waals surface area contributed by atoms with E-state index in [4.69, 9.17) is 4.74 Å². The largest absolute Gasteiger partial charge is 0.497 e. The Hall–Kier alpha value is -1.60. The highest BCUT2D eigenvalue weighted by molar-refractivity contribution is 7.91. The lowest BCUT2D eigenvalue weighted by Gasteiger charge is -2.30. The molecule has 0 spiro atoms. The number of amides is 1. The highest BCUT2D eigenvalue weighted by Crippen LogP contribution is 2.27. The van der Waals surface area contributed by atoms with Crippen LogP contribution in [0.15, 0.2) is 29.2 Å². The van der Waals surface area contributed by atoms with E-state index in [2.05, 4.69) is 10.6 Å². The van der Waals surface area contributed by atoms with E-state index in [-0.39, 0.29) is 22.6 Å². The van der Waals surface area contributed by atoms with Crippen LogP contribution in [0.25, 0.3) is 0 Å². The Morgan fingerprint density at radius 3 is 2.40 bits per heavy atom. The molecule has 2 saturated heterocycles. The number of fused-ring (bicyclic) bond motifs is 2. The van der Waals surface area contributed by atoms with Crippen LogP contribution in [-0.2, 0) is 14.6 Å². The molecule has 0 radical (unpaired) electrons. The van der Waals surface area contributed by atoms with Crippen molar-refractivity contribution in [3.8, 4) is 5.75 Å². The molecule has 0 saturated carbocycles. The van der Waals surface area contributed by atoms with Gasteiger partial charge < -0.3 is 15.4 Å². The molecule has 2 aliphatic heterocycles. The van der Waals surface area contributed by atoms with Crippen molar-refractivity contribution in [3.05, 3.63) is 24.3 Å². The minimum atomic E-state index is -3.51. The van der Waals surface area contributed by atoms with Crippen LogP contribution in [0.1, 0.15) is 32.6 Å². The summed E-state index contributed by atoms with van der Waals surface area (Å²) in [4.78, 5) is 12.7. The topological polar surface area (TPSA) is 84.5 Å². The second-order valence-electron chi connectivity index (χ2n) is 7.17. The van der Waals surface area contributed by atoms with Gasteiger partial charge >= 0.3 is 0 Å². The van der Waals surface area contributed by atoms with Crippen molar-refractivity contribution in [2.24, 2.45) is 5.92 Å². The van der Waals surface area contributed by atoms with Crippen molar-refractivity contribution >= 4 is 15.7 Å². The van der Waals surface area contributed by atoms with E-state index in [0.29, 0.717) is 17.8 Å². The fraction of sp³-hybridized carbons (Fsp3) is 0.611. The molecular formula is C18H26N2O4S. The quantitative estimate of drug-likeness (QED) is 0.797. The zero-order chi connectivity index (χ0) is 18.0. The maximum absolute atomic E-state index is 12.5. The number of ether oxygens (including phenoxy) is 1. The van der Waals surface area contributed by atoms with Crippen LogP contribution in [0.3, 0.4) is 0 Å². The summed E-state index contributed by atoms with van der Waals surface area (Å²) in [6.07, 6.45) is 4.19. The van der Waals surface area contributed by atoms with Crippen molar-refractivity contribution in [3.63, 3.8) is 0 Å². The molecular weight excluding hydrogens is 340 g/mol. The molecule has 1 amide bonds. The van der Waals surface area contributed by atoms with E-state index in [1.807, 2.05) is 0 Å². The van der Waals surface area contributed by atoms with Gasteiger partial charge in [0.25, 0.3) is 0 Å². The van der Waals surface area contributed by atoms with Crippen LogP contribution in [0.4, 0.5) is 0 Å². The van der Waals surface area contributed by atoms with Gasteiger partial charge in [-0.05, 0) is 49.9 Å². The monoisotopic (exact) mass is 366 g/mol. The van der Waals surface area contributed by atoms with Crippen LogP contribution in [-0.4, -0.2) is 45.3 Å². The Balaban J connectivity index is 1.58. The number of methoxy groups -OCH3 is 1. The van der Waals surface area contributed by atoms with Gasteiger partial charge in [-0.1, -0.05) is 6.92 Å². The molecule has 0 aromatic heterocycles. The normalized spacial score (nSPS) is 26.9. The van der Waals surface area contributed by atoms with Gasteiger partial charge in [0.05, 0.1) is 17.8 Å². The first kappa shape index (κ1) is 18.2. The Labute approximate surface area is 149 Å². The number of nitrogens with one attached hydrogen (secondary N) is 2. The van der Waals surface area contributed by atoms with Gasteiger partial charge in [0.15, 0.2) is 9.84 Å². The lowest BCUT2D eigenvalue weighted by Crippen LogP contribution is -2.49. The number of benzene rings is 1. The van der Waals surface area contributed by atoms with Crippen LogP contribution < -0.4 is 15.4 Å². The van der Waals surface area contributed by atoms with E-state index in [1.165, 1.54) is 32.1 Å². The van der Waals surface area contributed by atoms with Gasteiger partial charge in [-0.25, -0.2) is 8.42 Å². The first-order chi connectivity index (χ1) is 11.9. The highest BCUT2D eigenvalue weighted by Gasteiger charge is 2.35. The summed E-state index contributed by atoms with van der Waals surface area (Å²) < 4.78 is 30.1. The van der Waals surface area contributed by atoms with E-state index in [9.17, 15) is 13.2 Å². The highest BCUT2D eigenvalue weighted by atomic mass is 32.2. The standard InChI is InChI=1S/C18H26N2O4S/c1-12(11-25(22,23)17-7-5-16(24-2)6-8-17)18(21)20-15-9-13-3-4-14(10-15)19-13/h5-8,12-15,19H,3-4,9-11H2,1-2H3,(H,20,21). The number of rotatable bonds is 6. The first-order valence-corrected chi connectivity index (χ1v) is 10.5. The molecule has 1 aromatic carbocycles. The maximum atomic E-state index is 12.5. The van der Waals surface area contributed by atoms with Crippen molar-refractivity contribution in [1.29, 1.82) is 0 Å². The van der Waals surface area contributed by atoms with Crippen molar-refractivity contribution in [2.75, 3.05) is 12.9 Å². The second-order valence-corrected chi connectivity index (χ2v) is 9.21. The predicted molar refractivity (Wildman–Crippen MR) is 95.3 cm³/mol. The number of hydrogen-bond donors (Lipinski definition) is 2. The predicted octanol–water partition coefficient (Wildman–Crippen LogP) is 1.50. The van der Waals surface area contributed by atoms with Crippen LogP contribution in [0.5, 0.6) is 5.75 Å². The zero-order valence-electron chi connectivity index (χ0n) is 14.7. The average molecular weight is 366 g/mol. The summed E-state index contributed by atoms with van der Waals surface area (Å²) in [5.74, 6) is -0.350. The number of carbonyl (C=O) groups excluding carboxylic acids is 1. The minimum Gasteiger partial charge on any atom is -0.497 e. The molecule has 3 rings (SSSR count). The first-order valence-electron chi connectivity index (χ1n) is 8.80. The van der Waals surface area contributed by atoms with Crippen LogP contribution in [0.2, 0.25) is 0 Å². The molecule has 1 aromatic rings. The molecule has 138 valence electrons. The number of hydrogen-bond acceptors (Lipinski definition) is 5. The number of sulfone groups is 1. The van der Waals surface area contributed by atoms with Gasteiger partial charge in [-0.3, -0.25) is 4.79 Å². The Morgan fingerprint density at radius 1 is 1.24 bits per heavy atom. The smallest absolute Gasteiger partial charge is 0.224 e. The third kappa shape index (κ3) is 4.33. The molecule has 6 nitrogen and oxygen atoms in total. The van der Waals surface area contributed by atoms with Gasteiger partial charge in [0, 0.05) is 24.0 Å². The molecule has 3 unspecified atom stereocenters. The molecule has 0 aliphatic carbocycles. The van der Waals surface area contributed by atoms with Gasteiger partial charge in [-0.2, -0.15) is 0 Å². The van der Waals surface area contributed by atoms with Gasteiger partial charge in [-0.15, -0.1) is 0 Å². The summed E-state index contributed by atoms with van der Waals surface area (Å²) in [6, 6.07) is 7.39. The maximum Gasteiger partial charge on any atom is 0.224 e. The van der Waals surface area contributed by atoms with Gasteiger partial charge in [0.2, 0.25) is 5.91 Å². The minimum absolute atomic E-state index is 0.150.